The Morgan fingerprint density at radius 3 is 2.49 bits per heavy atom. The van der Waals surface area contributed by atoms with Crippen LogP contribution in [0.3, 0.4) is 0 Å². The fourth-order valence-electron chi connectivity index (χ4n) is 5.48. The molecule has 3 aromatic rings. The molecule has 1 aliphatic carbocycles. The van der Waals surface area contributed by atoms with Crippen LogP contribution in [-0.2, 0) is 20.1 Å². The summed E-state index contributed by atoms with van der Waals surface area (Å²) in [5.74, 6) is 1.31. The van der Waals surface area contributed by atoms with Gasteiger partial charge in [-0.3, -0.25) is 4.79 Å². The fourth-order valence-corrected chi connectivity index (χ4v) is 6.59. The van der Waals surface area contributed by atoms with Gasteiger partial charge >= 0.3 is 5.97 Å². The highest BCUT2D eigenvalue weighted by Crippen LogP contribution is 2.38. The summed E-state index contributed by atoms with van der Waals surface area (Å²) in [5, 5.41) is 9.37. The number of benzene rings is 2. The topological polar surface area (TPSA) is 98.6 Å². The summed E-state index contributed by atoms with van der Waals surface area (Å²) in [4.78, 5) is 32.6. The molecule has 228 valence electrons. The van der Waals surface area contributed by atoms with Gasteiger partial charge in [0.25, 0.3) is 5.91 Å². The van der Waals surface area contributed by atoms with Crippen molar-refractivity contribution in [2.75, 3.05) is 25.0 Å². The molecule has 0 spiro atoms. The lowest BCUT2D eigenvalue weighted by Crippen LogP contribution is -2.34. The van der Waals surface area contributed by atoms with Gasteiger partial charge in [0.05, 0.1) is 5.57 Å². The van der Waals surface area contributed by atoms with Crippen molar-refractivity contribution in [3.05, 3.63) is 76.0 Å². The minimum absolute atomic E-state index is 0.0361. The SMILES string of the molecule is CCN(CC)C(=O)COc1ccc(C2C(C(=O)OC3CCCCC3)=C(C)Nc3nc(SCc4ccccc4Cl)nn32)cc1. The molecular formula is C32H38ClN5O4S. The Hall–Kier alpha value is -3.50. The van der Waals surface area contributed by atoms with Crippen molar-refractivity contribution in [2.45, 2.75) is 75.9 Å². The zero-order valence-electron chi connectivity index (χ0n) is 24.8. The van der Waals surface area contributed by atoms with E-state index in [2.05, 4.69) is 5.32 Å². The number of nitrogens with zero attached hydrogens (tertiary/aromatic N) is 4. The molecule has 5 rings (SSSR count). The smallest absolute Gasteiger partial charge is 0.338 e. The first-order valence-corrected chi connectivity index (χ1v) is 16.3. The first-order chi connectivity index (χ1) is 20.9. The Balaban J connectivity index is 1.41. The highest BCUT2D eigenvalue weighted by Gasteiger charge is 2.36. The van der Waals surface area contributed by atoms with Gasteiger partial charge in [0.15, 0.2) is 6.61 Å². The van der Waals surface area contributed by atoms with E-state index < -0.39 is 6.04 Å². The molecule has 0 radical (unpaired) electrons. The number of allylic oxidation sites excluding steroid dienone is 1. The minimum atomic E-state index is -0.555. The van der Waals surface area contributed by atoms with E-state index in [9.17, 15) is 9.59 Å². The van der Waals surface area contributed by atoms with Gasteiger partial charge < -0.3 is 19.7 Å². The molecule has 1 saturated carbocycles. The summed E-state index contributed by atoms with van der Waals surface area (Å²) in [6, 6.07) is 14.6. The van der Waals surface area contributed by atoms with E-state index in [1.807, 2.05) is 69.3 Å². The second-order valence-electron chi connectivity index (χ2n) is 10.7. The number of rotatable bonds is 11. The summed E-state index contributed by atoms with van der Waals surface area (Å²) in [6.07, 6.45) is 4.98. The number of carbonyl (C=O) groups is 2. The number of aromatic nitrogens is 3. The van der Waals surface area contributed by atoms with E-state index in [-0.39, 0.29) is 24.6 Å². The van der Waals surface area contributed by atoms with Crippen molar-refractivity contribution >= 4 is 41.2 Å². The standard InChI is InChI=1S/C32H38ClN5O4S/c1-4-37(5-2)27(39)19-41-24-17-15-22(16-18-24)29-28(30(40)42-25-12-7-6-8-13-25)21(3)34-31-35-32(36-38(29)31)43-20-23-11-9-10-14-26(23)33/h9-11,14-18,25,29H,4-8,12-13,19-20H2,1-3H3,(H,34,35,36). The number of nitrogens with one attached hydrogen (secondary N) is 1. The molecule has 1 aliphatic heterocycles. The van der Waals surface area contributed by atoms with Gasteiger partial charge in [-0.25, -0.2) is 9.48 Å². The largest absolute Gasteiger partial charge is 0.484 e. The van der Waals surface area contributed by atoms with Gasteiger partial charge in [-0.1, -0.05) is 60.1 Å². The third-order valence-electron chi connectivity index (χ3n) is 7.87. The third kappa shape index (κ3) is 7.36. The monoisotopic (exact) mass is 623 g/mol. The van der Waals surface area contributed by atoms with Gasteiger partial charge in [-0.2, -0.15) is 4.98 Å². The lowest BCUT2D eigenvalue weighted by atomic mass is 9.95. The number of likely N-dealkylation sites (N-methyl/N-ethyl adjacent to an activating group) is 1. The molecule has 1 atom stereocenters. The van der Waals surface area contributed by atoms with Gasteiger partial charge in [0.1, 0.15) is 17.9 Å². The summed E-state index contributed by atoms with van der Waals surface area (Å²) in [5.41, 5.74) is 3.00. The predicted octanol–water partition coefficient (Wildman–Crippen LogP) is 6.64. The Morgan fingerprint density at radius 1 is 1.07 bits per heavy atom. The van der Waals surface area contributed by atoms with Crippen LogP contribution in [0.4, 0.5) is 5.95 Å². The van der Waals surface area contributed by atoms with Crippen LogP contribution in [0.1, 0.15) is 70.0 Å². The summed E-state index contributed by atoms with van der Waals surface area (Å²) in [7, 11) is 0. The Kier molecular flexibility index (Phi) is 10.3. The predicted molar refractivity (Wildman–Crippen MR) is 168 cm³/mol. The highest BCUT2D eigenvalue weighted by molar-refractivity contribution is 7.98. The summed E-state index contributed by atoms with van der Waals surface area (Å²) >= 11 is 7.85. The number of hydrogen-bond acceptors (Lipinski definition) is 8. The Bertz CT molecular complexity index is 1460. The number of carbonyl (C=O) groups excluding carboxylic acids is 2. The molecule has 2 heterocycles. The van der Waals surface area contributed by atoms with Gasteiger partial charge in [-0.05, 0) is 75.8 Å². The second kappa shape index (κ2) is 14.3. The lowest BCUT2D eigenvalue weighted by Gasteiger charge is -2.30. The van der Waals surface area contributed by atoms with Crippen molar-refractivity contribution in [3.63, 3.8) is 0 Å². The van der Waals surface area contributed by atoms with E-state index in [1.54, 1.807) is 9.58 Å². The van der Waals surface area contributed by atoms with Crippen molar-refractivity contribution in [1.29, 1.82) is 0 Å². The number of amides is 1. The number of hydrogen-bond donors (Lipinski definition) is 1. The molecule has 1 unspecified atom stereocenters. The van der Waals surface area contributed by atoms with Gasteiger partial charge in [0, 0.05) is 29.6 Å². The maximum Gasteiger partial charge on any atom is 0.338 e. The maximum atomic E-state index is 13.7. The van der Waals surface area contributed by atoms with Crippen LogP contribution in [0, 0.1) is 0 Å². The highest BCUT2D eigenvalue weighted by atomic mass is 35.5. The zero-order valence-corrected chi connectivity index (χ0v) is 26.4. The number of fused-ring (bicyclic) bond motifs is 1. The summed E-state index contributed by atoms with van der Waals surface area (Å²) in [6.45, 7) is 7.00. The fraction of sp³-hybridized carbons (Fsp3) is 0.438. The first kappa shape index (κ1) is 30.9. The normalized spacial score (nSPS) is 16.8. The van der Waals surface area contributed by atoms with Crippen molar-refractivity contribution < 1.29 is 19.1 Å². The van der Waals surface area contributed by atoms with Crippen molar-refractivity contribution in [2.24, 2.45) is 0 Å². The zero-order chi connectivity index (χ0) is 30.3. The average Bonchev–Trinajstić information content (AvgIpc) is 3.42. The molecule has 1 fully saturated rings. The van der Waals surface area contributed by atoms with E-state index in [1.165, 1.54) is 18.2 Å². The van der Waals surface area contributed by atoms with E-state index in [4.69, 9.17) is 31.2 Å². The van der Waals surface area contributed by atoms with Crippen LogP contribution in [0.25, 0.3) is 0 Å². The minimum Gasteiger partial charge on any atom is -0.484 e. The molecule has 0 saturated heterocycles. The summed E-state index contributed by atoms with van der Waals surface area (Å²) < 4.78 is 13.6. The molecule has 11 heteroatoms. The lowest BCUT2D eigenvalue weighted by molar-refractivity contribution is -0.146. The molecule has 2 aliphatic rings. The van der Waals surface area contributed by atoms with Crippen LogP contribution >= 0.6 is 23.4 Å². The number of ether oxygens (including phenoxy) is 2. The van der Waals surface area contributed by atoms with Crippen LogP contribution in [0.5, 0.6) is 5.75 Å². The van der Waals surface area contributed by atoms with E-state index in [0.29, 0.717) is 52.0 Å². The Labute approximate surface area is 262 Å². The average molecular weight is 624 g/mol. The Morgan fingerprint density at radius 2 is 1.79 bits per heavy atom. The van der Waals surface area contributed by atoms with Crippen molar-refractivity contribution in [3.8, 4) is 5.75 Å². The quantitative estimate of drug-likeness (QED) is 0.188. The molecule has 1 N–H and O–H groups in total. The maximum absolute atomic E-state index is 13.7. The number of thioether (sulfide) groups is 1. The second-order valence-corrected chi connectivity index (χ2v) is 12.0. The molecule has 0 bridgehead atoms. The third-order valence-corrected chi connectivity index (χ3v) is 9.12. The van der Waals surface area contributed by atoms with Crippen molar-refractivity contribution in [1.82, 2.24) is 19.7 Å². The van der Waals surface area contributed by atoms with Gasteiger partial charge in [-0.15, -0.1) is 5.10 Å². The van der Waals surface area contributed by atoms with E-state index >= 15 is 0 Å². The number of esters is 1. The molecule has 1 aromatic heterocycles. The van der Waals surface area contributed by atoms with Crippen LogP contribution in [0.15, 0.2) is 65.0 Å². The van der Waals surface area contributed by atoms with Crippen LogP contribution in [-0.4, -0.2) is 57.3 Å². The molecule has 2 aromatic carbocycles. The van der Waals surface area contributed by atoms with Gasteiger partial charge in [0.2, 0.25) is 11.1 Å². The van der Waals surface area contributed by atoms with Crippen LogP contribution < -0.4 is 10.1 Å². The molecule has 9 nitrogen and oxygen atoms in total. The number of halogens is 1. The van der Waals surface area contributed by atoms with E-state index in [0.717, 1.165) is 36.8 Å². The molecule has 1 amide bonds. The number of anilines is 1. The molecule has 43 heavy (non-hydrogen) atoms. The first-order valence-electron chi connectivity index (χ1n) is 14.9. The van der Waals surface area contributed by atoms with Crippen LogP contribution in [0.2, 0.25) is 5.02 Å². The molecular weight excluding hydrogens is 586 g/mol.